The molecule has 34 heavy (non-hydrogen) atoms. The van der Waals surface area contributed by atoms with Crippen LogP contribution in [0.4, 0.5) is 4.39 Å². The monoisotopic (exact) mass is 500 g/mol. The number of halogens is 1. The first-order valence-corrected chi connectivity index (χ1v) is 12.2. The van der Waals surface area contributed by atoms with Crippen molar-refractivity contribution in [2.45, 2.75) is 19.1 Å². The maximum atomic E-state index is 13.8. The Hall–Kier alpha value is -3.64. The van der Waals surface area contributed by atoms with E-state index in [-0.39, 0.29) is 33.1 Å². The second-order valence-corrected chi connectivity index (χ2v) is 10.6. The first-order valence-electron chi connectivity index (χ1n) is 9.89. The highest BCUT2D eigenvalue weighted by molar-refractivity contribution is 8.16. The van der Waals surface area contributed by atoms with E-state index in [2.05, 4.69) is 9.39 Å². The van der Waals surface area contributed by atoms with Crippen LogP contribution in [0, 0.1) is 11.2 Å². The molecule has 0 bridgehead atoms. The molecule has 2 aliphatic heterocycles. The smallest absolute Gasteiger partial charge is 0.346 e. The maximum Gasteiger partial charge on any atom is 0.346 e. The van der Waals surface area contributed by atoms with Crippen LogP contribution in [-0.2, 0) is 14.6 Å². The second-order valence-electron chi connectivity index (χ2n) is 7.44. The van der Waals surface area contributed by atoms with Gasteiger partial charge in [0, 0.05) is 0 Å². The minimum Gasteiger partial charge on any atom is -0.423 e. The number of ether oxygens (including phenoxy) is 1. The minimum absolute atomic E-state index is 0.00165. The molecule has 0 aliphatic carbocycles. The number of benzene rings is 2. The number of amides is 1. The van der Waals surface area contributed by atoms with E-state index in [4.69, 9.17) is 10.1 Å². The summed E-state index contributed by atoms with van der Waals surface area (Å²) in [5.74, 6) is -2.49. The van der Waals surface area contributed by atoms with Gasteiger partial charge in [0.2, 0.25) is 20.2 Å². The molecule has 0 radical (unpaired) electrons. The molecule has 4 rings (SSSR count). The zero-order chi connectivity index (χ0) is 24.6. The molecule has 0 saturated heterocycles. The van der Waals surface area contributed by atoms with Gasteiger partial charge in [-0.25, -0.2) is 22.5 Å². The van der Waals surface area contributed by atoms with Crippen LogP contribution in [0.2, 0.25) is 0 Å². The van der Waals surface area contributed by atoms with Crippen LogP contribution in [0.5, 0.6) is 5.75 Å². The Morgan fingerprint density at radius 3 is 2.50 bits per heavy atom. The highest BCUT2D eigenvalue weighted by Gasteiger charge is 2.43. The lowest BCUT2D eigenvalue weighted by molar-refractivity contribution is -0.114. The fourth-order valence-electron chi connectivity index (χ4n) is 2.98. The number of fused-ring (bicyclic) bond motifs is 1. The summed E-state index contributed by atoms with van der Waals surface area (Å²) in [6, 6.07) is 11.4. The van der Waals surface area contributed by atoms with Crippen LogP contribution in [0.25, 0.3) is 6.08 Å². The fraction of sp³-hybridized carbons (Fsp3) is 0.136. The molecule has 0 fully saturated rings. The van der Waals surface area contributed by atoms with Gasteiger partial charge in [0.05, 0.1) is 28.3 Å². The number of rotatable bonds is 4. The number of amidine groups is 3. The van der Waals surface area contributed by atoms with Crippen LogP contribution in [0.15, 0.2) is 63.5 Å². The largest absolute Gasteiger partial charge is 0.423 e. The average molecular weight is 501 g/mol. The first-order chi connectivity index (χ1) is 16.1. The zero-order valence-electron chi connectivity index (χ0n) is 17.9. The predicted octanol–water partition coefficient (Wildman–Crippen LogP) is 3.44. The third-order valence-corrected chi connectivity index (χ3v) is 7.71. The van der Waals surface area contributed by atoms with Gasteiger partial charge in [-0.1, -0.05) is 24.3 Å². The molecule has 0 saturated carbocycles. The third kappa shape index (κ3) is 4.29. The molecule has 2 aromatic carbocycles. The van der Waals surface area contributed by atoms with Crippen molar-refractivity contribution in [3.8, 4) is 5.75 Å². The number of carbonyl (C=O) groups excluding carboxylic acids is 2. The standard InChI is InChI=1S/C22H17FN4O5S2/c1-12(2)34(30,31)22-26-33-21-25-19(28)16(18(24)27(21)22)11-13-7-9-14(10-8-13)32-20(29)15-5-3-4-6-17(15)23/h3-12,24H,1-2H3/b16-11-,24-18?. The number of hydrogen-bond donors (Lipinski definition) is 1. The van der Waals surface area contributed by atoms with E-state index in [0.29, 0.717) is 5.56 Å². The molecule has 2 heterocycles. The molecule has 1 amide bonds. The average Bonchev–Trinajstić information content (AvgIpc) is 3.22. The molecular weight excluding hydrogens is 483 g/mol. The molecule has 12 heteroatoms. The first kappa shape index (κ1) is 23.5. The molecule has 0 unspecified atom stereocenters. The van der Waals surface area contributed by atoms with Gasteiger partial charge in [0.1, 0.15) is 17.4 Å². The van der Waals surface area contributed by atoms with Crippen molar-refractivity contribution < 1.29 is 27.1 Å². The lowest BCUT2D eigenvalue weighted by atomic mass is 10.1. The minimum atomic E-state index is -3.82. The SMILES string of the molecule is CC(C)S(=O)(=O)C1=NSC2=NC(=O)/C(=C\c3ccc(OC(=O)c4ccccc4F)cc3)C(=N)N21. The van der Waals surface area contributed by atoms with Gasteiger partial charge in [-0.3, -0.25) is 10.2 Å². The van der Waals surface area contributed by atoms with Crippen LogP contribution >= 0.6 is 11.9 Å². The summed E-state index contributed by atoms with van der Waals surface area (Å²) in [6.07, 6.45) is 1.37. The fourth-order valence-corrected chi connectivity index (χ4v) is 5.05. The van der Waals surface area contributed by atoms with E-state index in [1.165, 1.54) is 62.4 Å². The van der Waals surface area contributed by atoms with E-state index in [9.17, 15) is 22.4 Å². The van der Waals surface area contributed by atoms with Crippen LogP contribution in [-0.4, -0.2) is 46.6 Å². The number of carbonyl (C=O) groups is 2. The molecule has 2 aromatic rings. The van der Waals surface area contributed by atoms with Crippen LogP contribution < -0.4 is 4.74 Å². The molecule has 1 N–H and O–H groups in total. The molecule has 0 aromatic heterocycles. The van der Waals surface area contributed by atoms with E-state index in [1.54, 1.807) is 0 Å². The highest BCUT2D eigenvalue weighted by Crippen LogP contribution is 2.31. The number of sulfone groups is 1. The van der Waals surface area contributed by atoms with Gasteiger partial charge >= 0.3 is 5.97 Å². The molecule has 174 valence electrons. The Balaban J connectivity index is 1.57. The summed E-state index contributed by atoms with van der Waals surface area (Å²) < 4.78 is 48.1. The Bertz CT molecular complexity index is 1410. The molecule has 0 spiro atoms. The number of nitrogens with zero attached hydrogens (tertiary/aromatic N) is 3. The number of hydrogen-bond acceptors (Lipinski definition) is 8. The number of nitrogens with one attached hydrogen (secondary N) is 1. The summed E-state index contributed by atoms with van der Waals surface area (Å²) in [7, 11) is -3.82. The Labute approximate surface area is 198 Å². The normalized spacial score (nSPS) is 17.1. The number of esters is 1. The Kier molecular flexibility index (Phi) is 6.19. The number of aliphatic imine (C=N–C) groups is 1. The topological polar surface area (TPSA) is 129 Å². The van der Waals surface area contributed by atoms with Crippen LogP contribution in [0.1, 0.15) is 29.8 Å². The lowest BCUT2D eigenvalue weighted by Gasteiger charge is -2.25. The summed E-state index contributed by atoms with van der Waals surface area (Å²) in [5, 5.41) is 7.33. The van der Waals surface area contributed by atoms with Crippen molar-refractivity contribution in [2.75, 3.05) is 0 Å². The van der Waals surface area contributed by atoms with Crippen molar-refractivity contribution in [1.82, 2.24) is 4.90 Å². The summed E-state index contributed by atoms with van der Waals surface area (Å²) in [4.78, 5) is 29.6. The van der Waals surface area contributed by atoms with Crippen molar-refractivity contribution in [3.63, 3.8) is 0 Å². The lowest BCUT2D eigenvalue weighted by Crippen LogP contribution is -2.46. The third-order valence-electron chi connectivity index (χ3n) is 4.86. The van der Waals surface area contributed by atoms with E-state index >= 15 is 0 Å². The van der Waals surface area contributed by atoms with Gasteiger partial charge < -0.3 is 4.74 Å². The van der Waals surface area contributed by atoms with Gasteiger partial charge in [0.25, 0.3) is 5.91 Å². The summed E-state index contributed by atoms with van der Waals surface area (Å²) in [5.41, 5.74) is 0.129. The molecule has 9 nitrogen and oxygen atoms in total. The Morgan fingerprint density at radius 2 is 1.85 bits per heavy atom. The molecular formula is C22H17FN4O5S2. The Morgan fingerprint density at radius 1 is 1.18 bits per heavy atom. The van der Waals surface area contributed by atoms with E-state index in [0.717, 1.165) is 22.9 Å². The maximum absolute atomic E-state index is 13.8. The quantitative estimate of drug-likeness (QED) is 0.295. The van der Waals surface area contributed by atoms with Crippen molar-refractivity contribution in [3.05, 3.63) is 71.0 Å². The molecule has 0 atom stereocenters. The van der Waals surface area contributed by atoms with Gasteiger partial charge in [-0.2, -0.15) is 9.39 Å². The second kappa shape index (κ2) is 8.95. The van der Waals surface area contributed by atoms with Gasteiger partial charge in [-0.15, -0.1) is 0 Å². The van der Waals surface area contributed by atoms with Gasteiger partial charge in [-0.05, 0) is 49.8 Å². The van der Waals surface area contributed by atoms with Gasteiger partial charge in [0.15, 0.2) is 0 Å². The summed E-state index contributed by atoms with van der Waals surface area (Å²) >= 11 is 0.722. The van der Waals surface area contributed by atoms with E-state index in [1.807, 2.05) is 0 Å². The highest BCUT2D eigenvalue weighted by atomic mass is 32.2. The molecule has 2 aliphatic rings. The van der Waals surface area contributed by atoms with Crippen molar-refractivity contribution >= 4 is 55.9 Å². The predicted molar refractivity (Wildman–Crippen MR) is 127 cm³/mol. The summed E-state index contributed by atoms with van der Waals surface area (Å²) in [6.45, 7) is 2.99. The van der Waals surface area contributed by atoms with Crippen molar-refractivity contribution in [2.24, 2.45) is 9.39 Å². The van der Waals surface area contributed by atoms with Crippen LogP contribution in [0.3, 0.4) is 0 Å². The van der Waals surface area contributed by atoms with Crippen molar-refractivity contribution in [1.29, 1.82) is 5.41 Å². The zero-order valence-corrected chi connectivity index (χ0v) is 19.5. The van der Waals surface area contributed by atoms with E-state index < -0.39 is 32.8 Å².